The quantitative estimate of drug-likeness (QED) is 0.341. The zero-order valence-corrected chi connectivity index (χ0v) is 19.4. The van der Waals surface area contributed by atoms with Crippen molar-refractivity contribution in [2.75, 3.05) is 33.3 Å². The van der Waals surface area contributed by atoms with Crippen molar-refractivity contribution in [1.82, 2.24) is 9.80 Å². The van der Waals surface area contributed by atoms with E-state index >= 15 is 0 Å². The van der Waals surface area contributed by atoms with Gasteiger partial charge in [0.1, 0.15) is 11.5 Å². The molecule has 1 aliphatic rings. The Labute approximate surface area is 194 Å². The summed E-state index contributed by atoms with van der Waals surface area (Å²) in [5, 5.41) is 11.6. The minimum absolute atomic E-state index is 0.0633. The molecule has 0 unspecified atom stereocenters. The molecule has 3 rings (SSSR count). The molecule has 6 nitrogen and oxygen atoms in total. The number of nitrogens with zero attached hydrogens (tertiary/aromatic N) is 2. The van der Waals surface area contributed by atoms with Gasteiger partial charge in [0.25, 0.3) is 11.7 Å². The van der Waals surface area contributed by atoms with Crippen molar-refractivity contribution in [3.05, 3.63) is 70.3 Å². The molecule has 7 heteroatoms. The first-order valence-electron chi connectivity index (χ1n) is 10.8. The van der Waals surface area contributed by atoms with Crippen molar-refractivity contribution in [3.63, 3.8) is 0 Å². The van der Waals surface area contributed by atoms with Crippen LogP contribution >= 0.6 is 11.6 Å². The third kappa shape index (κ3) is 4.97. The summed E-state index contributed by atoms with van der Waals surface area (Å²) in [6.07, 6.45) is 0.713. The first-order chi connectivity index (χ1) is 15.4. The third-order valence-corrected chi connectivity index (χ3v) is 6.05. The first-order valence-corrected chi connectivity index (χ1v) is 11.2. The molecular weight excluding hydrogens is 428 g/mol. The number of aliphatic hydroxyl groups excluding tert-OH is 1. The molecule has 1 amide bonds. The number of rotatable bonds is 9. The average molecular weight is 457 g/mol. The molecule has 2 aromatic carbocycles. The van der Waals surface area contributed by atoms with Crippen LogP contribution in [0.15, 0.2) is 54.1 Å². The lowest BCUT2D eigenvalue weighted by Crippen LogP contribution is -2.33. The summed E-state index contributed by atoms with van der Waals surface area (Å²) in [5.41, 5.74) is 1.16. The molecule has 1 N–H and O–H groups in total. The topological polar surface area (TPSA) is 70.1 Å². The second-order valence-corrected chi connectivity index (χ2v) is 8.10. The molecule has 0 radical (unpaired) electrons. The second kappa shape index (κ2) is 10.7. The summed E-state index contributed by atoms with van der Waals surface area (Å²) in [6.45, 7) is 7.23. The molecule has 0 bridgehead atoms. The Morgan fingerprint density at radius 3 is 2.50 bits per heavy atom. The summed E-state index contributed by atoms with van der Waals surface area (Å²) in [7, 11) is 1.53. The lowest BCUT2D eigenvalue weighted by Gasteiger charge is -2.27. The largest absolute Gasteiger partial charge is 0.507 e. The third-order valence-electron chi connectivity index (χ3n) is 5.82. The van der Waals surface area contributed by atoms with Crippen molar-refractivity contribution in [1.29, 1.82) is 0 Å². The zero-order chi connectivity index (χ0) is 23.3. The van der Waals surface area contributed by atoms with Gasteiger partial charge in [0.15, 0.2) is 0 Å². The van der Waals surface area contributed by atoms with E-state index < -0.39 is 17.7 Å². The first kappa shape index (κ1) is 23.8. The Morgan fingerprint density at radius 2 is 1.84 bits per heavy atom. The highest BCUT2D eigenvalue weighted by Crippen LogP contribution is 2.40. The van der Waals surface area contributed by atoms with E-state index in [1.165, 1.54) is 7.11 Å². The number of methoxy groups -OCH3 is 1. The van der Waals surface area contributed by atoms with Gasteiger partial charge in [-0.15, -0.1) is 0 Å². The van der Waals surface area contributed by atoms with Gasteiger partial charge >= 0.3 is 0 Å². The zero-order valence-electron chi connectivity index (χ0n) is 18.7. The van der Waals surface area contributed by atoms with E-state index in [1.54, 1.807) is 47.4 Å². The fraction of sp³-hybridized carbons (Fsp3) is 0.360. The Hall–Kier alpha value is -2.83. The molecule has 0 saturated carbocycles. The van der Waals surface area contributed by atoms with E-state index in [-0.39, 0.29) is 11.3 Å². The van der Waals surface area contributed by atoms with Gasteiger partial charge in [-0.2, -0.15) is 0 Å². The molecule has 2 aromatic rings. The van der Waals surface area contributed by atoms with E-state index in [0.717, 1.165) is 19.6 Å². The van der Waals surface area contributed by atoms with Gasteiger partial charge in [-0.25, -0.2) is 0 Å². The molecule has 0 aromatic heterocycles. The number of ketones is 1. The number of Topliss-reactive ketones (excluding diaryl/α,β-unsaturated/α-hetero) is 1. The number of amides is 1. The van der Waals surface area contributed by atoms with Crippen LogP contribution in [-0.4, -0.2) is 59.9 Å². The minimum atomic E-state index is -0.711. The van der Waals surface area contributed by atoms with Crippen molar-refractivity contribution in [2.45, 2.75) is 26.3 Å². The molecule has 0 aliphatic carbocycles. The lowest BCUT2D eigenvalue weighted by atomic mass is 9.95. The fourth-order valence-electron chi connectivity index (χ4n) is 4.06. The van der Waals surface area contributed by atoms with Crippen LogP contribution in [0, 0.1) is 0 Å². The summed E-state index contributed by atoms with van der Waals surface area (Å²) in [6, 6.07) is 13.1. The molecule has 1 atom stereocenters. The second-order valence-electron chi connectivity index (χ2n) is 7.66. The number of hydrogen-bond donors (Lipinski definition) is 1. The van der Waals surface area contributed by atoms with Crippen LogP contribution in [-0.2, 0) is 9.59 Å². The minimum Gasteiger partial charge on any atom is -0.507 e. The maximum Gasteiger partial charge on any atom is 0.295 e. The van der Waals surface area contributed by atoms with Gasteiger partial charge in [0.2, 0.25) is 0 Å². The van der Waals surface area contributed by atoms with Gasteiger partial charge in [0, 0.05) is 17.1 Å². The molecule has 170 valence electrons. The summed E-state index contributed by atoms with van der Waals surface area (Å²) < 4.78 is 5.24. The Balaban J connectivity index is 2.04. The number of aliphatic hydroxyl groups is 1. The molecule has 1 heterocycles. The van der Waals surface area contributed by atoms with Crippen molar-refractivity contribution in [3.8, 4) is 5.75 Å². The molecule has 1 aliphatic heterocycles. The van der Waals surface area contributed by atoms with Crippen molar-refractivity contribution >= 4 is 29.1 Å². The van der Waals surface area contributed by atoms with Crippen LogP contribution in [0.2, 0.25) is 5.02 Å². The maximum atomic E-state index is 13.1. The predicted octanol–water partition coefficient (Wildman–Crippen LogP) is 4.50. The van der Waals surface area contributed by atoms with Crippen molar-refractivity contribution < 1.29 is 19.4 Å². The SMILES string of the molecule is CCN(CC)CCCN1C(=O)C(=O)/C(=C(/O)c2cccc(OC)c2)[C@@H]1c1cccc(Cl)c1. The number of carbonyl (C=O) groups excluding carboxylic acids is 2. The summed E-state index contributed by atoms with van der Waals surface area (Å²) in [4.78, 5) is 29.9. The van der Waals surface area contributed by atoms with Gasteiger partial charge < -0.3 is 19.6 Å². The standard InChI is InChI=1S/C25H29ClN2O4/c1-4-27(5-2)13-8-14-28-22(17-9-6-11-19(26)15-17)21(24(30)25(28)31)23(29)18-10-7-12-20(16-18)32-3/h6-7,9-12,15-16,22,29H,4-5,8,13-14H2,1-3H3/b23-21+/t22-/m0/s1. The van der Waals surface area contributed by atoms with E-state index in [9.17, 15) is 14.7 Å². The van der Waals surface area contributed by atoms with E-state index in [1.807, 2.05) is 6.07 Å². The maximum absolute atomic E-state index is 13.1. The number of likely N-dealkylation sites (tertiary alicyclic amines) is 1. The Morgan fingerprint density at radius 1 is 1.12 bits per heavy atom. The fourth-order valence-corrected chi connectivity index (χ4v) is 4.26. The molecule has 1 fully saturated rings. The van der Waals surface area contributed by atoms with Crippen LogP contribution < -0.4 is 4.74 Å². The molecule has 1 saturated heterocycles. The van der Waals surface area contributed by atoms with E-state index in [0.29, 0.717) is 34.9 Å². The van der Waals surface area contributed by atoms with Gasteiger partial charge in [-0.1, -0.05) is 49.7 Å². The number of ether oxygens (including phenoxy) is 1. The number of hydrogen-bond acceptors (Lipinski definition) is 5. The average Bonchev–Trinajstić information content (AvgIpc) is 3.06. The predicted molar refractivity (Wildman–Crippen MR) is 126 cm³/mol. The molecule has 0 spiro atoms. The van der Waals surface area contributed by atoms with Crippen LogP contribution in [0.1, 0.15) is 37.4 Å². The molecule has 32 heavy (non-hydrogen) atoms. The van der Waals surface area contributed by atoms with Crippen molar-refractivity contribution in [2.24, 2.45) is 0 Å². The molecular formula is C25H29ClN2O4. The number of benzene rings is 2. The summed E-state index contributed by atoms with van der Waals surface area (Å²) >= 11 is 6.22. The van der Waals surface area contributed by atoms with Gasteiger partial charge in [0.05, 0.1) is 18.7 Å². The highest BCUT2D eigenvalue weighted by atomic mass is 35.5. The smallest absolute Gasteiger partial charge is 0.295 e. The normalized spacial score (nSPS) is 17.9. The highest BCUT2D eigenvalue weighted by Gasteiger charge is 2.45. The van der Waals surface area contributed by atoms with Crippen LogP contribution in [0.3, 0.4) is 0 Å². The summed E-state index contributed by atoms with van der Waals surface area (Å²) in [5.74, 6) is -0.989. The van der Waals surface area contributed by atoms with Gasteiger partial charge in [-0.05, 0) is 55.9 Å². The Bertz CT molecular complexity index is 1020. The highest BCUT2D eigenvalue weighted by molar-refractivity contribution is 6.46. The van der Waals surface area contributed by atoms with E-state index in [4.69, 9.17) is 16.3 Å². The van der Waals surface area contributed by atoms with Crippen LogP contribution in [0.25, 0.3) is 5.76 Å². The number of carbonyl (C=O) groups is 2. The van der Waals surface area contributed by atoms with Gasteiger partial charge in [-0.3, -0.25) is 9.59 Å². The Kier molecular flexibility index (Phi) is 7.94. The number of halogens is 1. The van der Waals surface area contributed by atoms with E-state index in [2.05, 4.69) is 18.7 Å². The van der Waals surface area contributed by atoms with Crippen LogP contribution in [0.4, 0.5) is 0 Å². The van der Waals surface area contributed by atoms with Crippen LogP contribution in [0.5, 0.6) is 5.75 Å². The lowest BCUT2D eigenvalue weighted by molar-refractivity contribution is -0.140. The monoisotopic (exact) mass is 456 g/mol.